The molecule has 3 saturated heterocycles. The molecule has 0 bridgehead atoms. The van der Waals surface area contributed by atoms with Gasteiger partial charge in [0.1, 0.15) is 29.9 Å². The van der Waals surface area contributed by atoms with Crippen LogP contribution in [-0.2, 0) is 28.4 Å². The lowest BCUT2D eigenvalue weighted by Crippen LogP contribution is -2.63. The van der Waals surface area contributed by atoms with E-state index >= 15 is 0 Å². The highest BCUT2D eigenvalue weighted by atomic mass is 32.2. The van der Waals surface area contributed by atoms with Crippen molar-refractivity contribution in [3.63, 3.8) is 0 Å². The van der Waals surface area contributed by atoms with Crippen LogP contribution in [0.3, 0.4) is 0 Å². The minimum atomic E-state index is -0.531. The second-order valence-corrected chi connectivity index (χ2v) is 8.21. The molecule has 7 heteroatoms. The van der Waals surface area contributed by atoms with Gasteiger partial charge < -0.3 is 28.4 Å². The quantitative estimate of drug-likeness (QED) is 0.757. The van der Waals surface area contributed by atoms with Crippen LogP contribution >= 0.6 is 11.8 Å². The molecule has 2 aromatic rings. The van der Waals surface area contributed by atoms with Crippen LogP contribution in [0.25, 0.3) is 0 Å². The molecule has 6 nitrogen and oxygen atoms in total. The first-order valence-electron chi connectivity index (χ1n) is 9.77. The maximum atomic E-state index is 6.58. The van der Waals surface area contributed by atoms with Crippen molar-refractivity contribution in [1.29, 1.82) is 0 Å². The topological polar surface area (TPSA) is 55.4 Å². The standard InChI is InChI=1S/C22H24O6S/c1-23-21-19-18(28-22(29-13-25-19)15-10-6-3-7-11-15)17-16(26-21)12-24-20(27-17)14-8-4-2-5-9-14/h2-11,16-22H,12-13H2,1H3/t16-,17-,18+,19-,20-,21+,22+/m1/s1. The molecule has 0 radical (unpaired) electrons. The van der Waals surface area contributed by atoms with Gasteiger partial charge >= 0.3 is 0 Å². The van der Waals surface area contributed by atoms with E-state index in [2.05, 4.69) is 12.1 Å². The Labute approximate surface area is 174 Å². The second-order valence-electron chi connectivity index (χ2n) is 7.21. The lowest BCUT2D eigenvalue weighted by molar-refractivity contribution is -0.365. The molecular formula is C22H24O6S. The van der Waals surface area contributed by atoms with Crippen molar-refractivity contribution in [2.45, 2.75) is 42.4 Å². The zero-order valence-corrected chi connectivity index (χ0v) is 16.9. The lowest BCUT2D eigenvalue weighted by Gasteiger charge is -2.48. The average Bonchev–Trinajstić information content (AvgIpc) is 3.03. The molecule has 0 spiro atoms. The maximum Gasteiger partial charge on any atom is 0.186 e. The summed E-state index contributed by atoms with van der Waals surface area (Å²) in [6, 6.07) is 20.1. The first-order valence-corrected chi connectivity index (χ1v) is 10.8. The summed E-state index contributed by atoms with van der Waals surface area (Å²) < 4.78 is 36.7. The van der Waals surface area contributed by atoms with Crippen molar-refractivity contribution in [3.8, 4) is 0 Å². The summed E-state index contributed by atoms with van der Waals surface area (Å²) in [7, 11) is 1.62. The Kier molecular flexibility index (Phi) is 5.87. The predicted molar refractivity (Wildman–Crippen MR) is 107 cm³/mol. The highest BCUT2D eigenvalue weighted by molar-refractivity contribution is 7.99. The van der Waals surface area contributed by atoms with E-state index in [-0.39, 0.29) is 29.9 Å². The molecule has 0 saturated carbocycles. The van der Waals surface area contributed by atoms with Gasteiger partial charge in [0.25, 0.3) is 0 Å². The third kappa shape index (κ3) is 3.96. The van der Waals surface area contributed by atoms with Crippen molar-refractivity contribution in [3.05, 3.63) is 71.8 Å². The van der Waals surface area contributed by atoms with Crippen molar-refractivity contribution >= 4 is 11.8 Å². The van der Waals surface area contributed by atoms with Crippen LogP contribution in [0.2, 0.25) is 0 Å². The first kappa shape index (κ1) is 19.5. The van der Waals surface area contributed by atoms with Crippen LogP contribution in [0.1, 0.15) is 22.9 Å². The van der Waals surface area contributed by atoms with Gasteiger partial charge in [-0.3, -0.25) is 0 Å². The van der Waals surface area contributed by atoms with E-state index in [4.69, 9.17) is 28.4 Å². The molecule has 0 unspecified atom stereocenters. The molecule has 5 rings (SSSR count). The summed E-state index contributed by atoms with van der Waals surface area (Å²) in [4.78, 5) is 0. The molecule has 0 aromatic heterocycles. The molecule has 3 aliphatic rings. The van der Waals surface area contributed by atoms with Gasteiger partial charge in [0.15, 0.2) is 12.6 Å². The maximum absolute atomic E-state index is 6.58. The van der Waals surface area contributed by atoms with Crippen molar-refractivity contribution in [2.75, 3.05) is 19.7 Å². The Balaban J connectivity index is 1.42. The van der Waals surface area contributed by atoms with E-state index in [1.165, 1.54) is 0 Å². The second kappa shape index (κ2) is 8.73. The van der Waals surface area contributed by atoms with Gasteiger partial charge in [-0.05, 0) is 5.56 Å². The molecule has 0 aliphatic carbocycles. The predicted octanol–water partition coefficient (Wildman–Crippen LogP) is 3.65. The number of methoxy groups -OCH3 is 1. The fourth-order valence-corrected chi connectivity index (χ4v) is 4.91. The normalized spacial score (nSPS) is 37.2. The number of fused-ring (bicyclic) bond motifs is 3. The molecule has 7 atom stereocenters. The number of benzene rings is 2. The van der Waals surface area contributed by atoms with Crippen LogP contribution in [0, 0.1) is 0 Å². The molecule has 0 amide bonds. The number of rotatable bonds is 3. The van der Waals surface area contributed by atoms with Gasteiger partial charge in [0, 0.05) is 12.7 Å². The summed E-state index contributed by atoms with van der Waals surface area (Å²) >= 11 is 1.61. The molecule has 3 heterocycles. The summed E-state index contributed by atoms with van der Waals surface area (Å²) in [5.74, 6) is 0.486. The zero-order chi connectivity index (χ0) is 19.6. The summed E-state index contributed by atoms with van der Waals surface area (Å²) in [5, 5.41) is 0. The molecule has 3 aliphatic heterocycles. The van der Waals surface area contributed by atoms with E-state index in [0.29, 0.717) is 12.5 Å². The highest BCUT2D eigenvalue weighted by Crippen LogP contribution is 2.43. The number of ether oxygens (including phenoxy) is 6. The fraction of sp³-hybridized carbons (Fsp3) is 0.455. The van der Waals surface area contributed by atoms with Gasteiger partial charge in [-0.1, -0.05) is 72.4 Å². The van der Waals surface area contributed by atoms with E-state index in [1.807, 2.05) is 48.5 Å². The summed E-state index contributed by atoms with van der Waals surface area (Å²) in [6.45, 7) is 0.403. The van der Waals surface area contributed by atoms with Crippen LogP contribution < -0.4 is 0 Å². The number of hydrogen-bond donors (Lipinski definition) is 0. The van der Waals surface area contributed by atoms with Crippen molar-refractivity contribution in [1.82, 2.24) is 0 Å². The van der Waals surface area contributed by atoms with Gasteiger partial charge in [-0.15, -0.1) is 0 Å². The Morgan fingerprint density at radius 2 is 1.52 bits per heavy atom. The van der Waals surface area contributed by atoms with E-state index in [0.717, 1.165) is 11.1 Å². The van der Waals surface area contributed by atoms with Crippen LogP contribution in [0.5, 0.6) is 0 Å². The first-order chi connectivity index (χ1) is 14.3. The SMILES string of the molecule is CO[C@H]1O[C@@H]2CO[C@@H](c3ccccc3)O[C@H]2[C@@H]2O[C@H](c3ccccc3)SCO[C@@H]12. The third-order valence-electron chi connectivity index (χ3n) is 5.42. The van der Waals surface area contributed by atoms with E-state index in [1.54, 1.807) is 18.9 Å². The molecule has 2 aromatic carbocycles. The Morgan fingerprint density at radius 1 is 0.793 bits per heavy atom. The van der Waals surface area contributed by atoms with Gasteiger partial charge in [-0.2, -0.15) is 0 Å². The van der Waals surface area contributed by atoms with Crippen LogP contribution in [0.15, 0.2) is 60.7 Å². The number of hydrogen-bond acceptors (Lipinski definition) is 7. The smallest absolute Gasteiger partial charge is 0.186 e. The van der Waals surface area contributed by atoms with Gasteiger partial charge in [0.05, 0.1) is 12.5 Å². The fourth-order valence-electron chi connectivity index (χ4n) is 3.99. The minimum Gasteiger partial charge on any atom is -0.359 e. The number of thioether (sulfide) groups is 1. The third-order valence-corrected chi connectivity index (χ3v) is 6.38. The van der Waals surface area contributed by atoms with E-state index < -0.39 is 12.6 Å². The monoisotopic (exact) mass is 416 g/mol. The van der Waals surface area contributed by atoms with Crippen molar-refractivity contribution in [2.24, 2.45) is 0 Å². The van der Waals surface area contributed by atoms with Gasteiger partial charge in [0.2, 0.25) is 0 Å². The van der Waals surface area contributed by atoms with Gasteiger partial charge in [-0.25, -0.2) is 0 Å². The lowest BCUT2D eigenvalue weighted by atomic mass is 9.97. The zero-order valence-electron chi connectivity index (χ0n) is 16.1. The minimum absolute atomic E-state index is 0.149. The van der Waals surface area contributed by atoms with Crippen LogP contribution in [-0.4, -0.2) is 50.4 Å². The largest absolute Gasteiger partial charge is 0.359 e. The Hall–Kier alpha value is -1.45. The molecule has 0 N–H and O–H groups in total. The Morgan fingerprint density at radius 3 is 2.24 bits per heavy atom. The van der Waals surface area contributed by atoms with E-state index in [9.17, 15) is 0 Å². The average molecular weight is 416 g/mol. The molecular weight excluding hydrogens is 392 g/mol. The molecule has 3 fully saturated rings. The molecule has 154 valence electrons. The van der Waals surface area contributed by atoms with Crippen molar-refractivity contribution < 1.29 is 28.4 Å². The Bertz CT molecular complexity index is 790. The van der Waals surface area contributed by atoms with Crippen LogP contribution in [0.4, 0.5) is 0 Å². The highest BCUT2D eigenvalue weighted by Gasteiger charge is 2.53. The summed E-state index contributed by atoms with van der Waals surface area (Å²) in [5.41, 5.74) is 1.93. The summed E-state index contributed by atoms with van der Waals surface area (Å²) in [6.07, 6.45) is -2.32. The molecule has 29 heavy (non-hydrogen) atoms.